The minimum absolute atomic E-state index is 0.235. The van der Waals surface area contributed by atoms with Crippen molar-refractivity contribution < 1.29 is 29.0 Å². The highest BCUT2D eigenvalue weighted by molar-refractivity contribution is 6.05. The summed E-state index contributed by atoms with van der Waals surface area (Å²) in [6.45, 7) is 7.85. The van der Waals surface area contributed by atoms with Crippen LogP contribution in [0.5, 0.6) is 0 Å². The Morgan fingerprint density at radius 3 is 2.51 bits per heavy atom. The number of aliphatic hydroxyl groups excluding tert-OH is 1. The van der Waals surface area contributed by atoms with Gasteiger partial charge in [0.2, 0.25) is 5.91 Å². The summed E-state index contributed by atoms with van der Waals surface area (Å²) in [7, 11) is 0. The fourth-order valence-electron chi connectivity index (χ4n) is 6.27. The average Bonchev–Trinajstić information content (AvgIpc) is 3.28. The van der Waals surface area contributed by atoms with E-state index in [1.807, 2.05) is 42.5 Å². The summed E-state index contributed by atoms with van der Waals surface area (Å²) in [6.07, 6.45) is 7.23. The topological polar surface area (TPSA) is 99.6 Å². The Kier molecular flexibility index (Phi) is 6.85. The molecule has 0 saturated carbocycles. The molecule has 37 heavy (non-hydrogen) atoms. The number of nitrogens with zero attached hydrogens (tertiary/aromatic N) is 3. The van der Waals surface area contributed by atoms with Crippen LogP contribution in [0.15, 0.2) is 48.6 Å². The van der Waals surface area contributed by atoms with E-state index in [-0.39, 0.29) is 25.0 Å². The molecule has 2 saturated heterocycles. The molecule has 4 heterocycles. The van der Waals surface area contributed by atoms with E-state index in [1.54, 1.807) is 17.9 Å². The first-order valence-corrected chi connectivity index (χ1v) is 13.2. The van der Waals surface area contributed by atoms with Crippen molar-refractivity contribution in [2.45, 2.75) is 51.0 Å². The van der Waals surface area contributed by atoms with Crippen molar-refractivity contribution in [2.24, 2.45) is 11.8 Å². The third kappa shape index (κ3) is 3.95. The number of rotatable bonds is 6. The zero-order chi connectivity index (χ0) is 26.3. The summed E-state index contributed by atoms with van der Waals surface area (Å²) < 4.78 is 12.0. The van der Waals surface area contributed by atoms with Gasteiger partial charge in [-0.05, 0) is 51.5 Å². The molecule has 0 radical (unpaired) electrons. The van der Waals surface area contributed by atoms with Crippen LogP contribution in [0.25, 0.3) is 0 Å². The number of carbonyl (C=O) groups is 3. The first-order chi connectivity index (χ1) is 17.9. The zero-order valence-electron chi connectivity index (χ0n) is 21.6. The van der Waals surface area contributed by atoms with Crippen LogP contribution in [-0.2, 0) is 23.9 Å². The Morgan fingerprint density at radius 1 is 1.11 bits per heavy atom. The lowest BCUT2D eigenvalue weighted by atomic mass is 9.77. The van der Waals surface area contributed by atoms with Gasteiger partial charge in [0.15, 0.2) is 0 Å². The first-order valence-electron chi connectivity index (χ1n) is 13.2. The minimum atomic E-state index is -1.34. The third-order valence-electron chi connectivity index (χ3n) is 8.09. The number of hydrogen-bond donors (Lipinski definition) is 1. The Labute approximate surface area is 217 Å². The van der Waals surface area contributed by atoms with E-state index >= 15 is 0 Å². The van der Waals surface area contributed by atoms with Gasteiger partial charge in [0.25, 0.3) is 5.91 Å². The van der Waals surface area contributed by atoms with E-state index < -0.39 is 41.6 Å². The normalized spacial score (nSPS) is 31.7. The molecule has 0 bridgehead atoms. The van der Waals surface area contributed by atoms with Crippen LogP contribution >= 0.6 is 0 Å². The van der Waals surface area contributed by atoms with Gasteiger partial charge in [-0.1, -0.05) is 24.3 Å². The van der Waals surface area contributed by atoms with E-state index in [0.29, 0.717) is 18.7 Å². The number of ether oxygens (including phenoxy) is 2. The molecule has 1 aromatic rings. The number of likely N-dealkylation sites (tertiary alicyclic amines) is 1. The summed E-state index contributed by atoms with van der Waals surface area (Å²) in [5.41, 5.74) is 0.435. The number of anilines is 2. The number of fused-ring (bicyclic) bond motifs is 2. The molecule has 1 spiro atoms. The van der Waals surface area contributed by atoms with Crippen molar-refractivity contribution in [1.82, 2.24) is 4.90 Å². The van der Waals surface area contributed by atoms with Crippen LogP contribution in [0.3, 0.4) is 0 Å². The highest BCUT2D eigenvalue weighted by atomic mass is 16.6. The maximum absolute atomic E-state index is 14.3. The van der Waals surface area contributed by atoms with Gasteiger partial charge in [0.1, 0.15) is 17.6 Å². The lowest BCUT2D eigenvalue weighted by molar-refractivity contribution is -0.155. The molecule has 0 aliphatic carbocycles. The first kappa shape index (κ1) is 25.5. The molecule has 4 aliphatic heterocycles. The highest BCUT2D eigenvalue weighted by Gasteiger charge is 2.72. The van der Waals surface area contributed by atoms with Crippen molar-refractivity contribution in [3.63, 3.8) is 0 Å². The lowest BCUT2D eigenvalue weighted by Crippen LogP contribution is -2.57. The van der Waals surface area contributed by atoms with Gasteiger partial charge in [-0.25, -0.2) is 0 Å². The van der Waals surface area contributed by atoms with E-state index in [0.717, 1.165) is 18.8 Å². The Bertz CT molecular complexity index is 1110. The predicted molar refractivity (Wildman–Crippen MR) is 138 cm³/mol. The maximum Gasteiger partial charge on any atom is 0.312 e. The van der Waals surface area contributed by atoms with Gasteiger partial charge < -0.3 is 29.3 Å². The Hall–Kier alpha value is -3.17. The van der Waals surface area contributed by atoms with Crippen LogP contribution in [0.1, 0.15) is 27.2 Å². The standard InChI is InChI=1S/C28H35N3O6/c1-4-29(5-2)19-10-12-20(13-11-19)30-15-8-14-28-23(22-21(37-28)9-6-7-16-36-27(22)35)25(33)31(18(3)17-32)24(28)26(30)34/h6,8-14,18,21-24,32H,4-5,7,15-17H2,1-3H3/t18?,21-,22?,23+,24-,28?/m1/s1. The van der Waals surface area contributed by atoms with Gasteiger partial charge in [0, 0.05) is 31.0 Å². The quantitative estimate of drug-likeness (QED) is 0.462. The van der Waals surface area contributed by atoms with Crippen LogP contribution in [0.4, 0.5) is 11.4 Å². The van der Waals surface area contributed by atoms with E-state index in [9.17, 15) is 19.5 Å². The molecule has 1 N–H and O–H groups in total. The van der Waals surface area contributed by atoms with Crippen molar-refractivity contribution in [3.8, 4) is 0 Å². The number of esters is 1. The van der Waals surface area contributed by atoms with Crippen LogP contribution in [-0.4, -0.2) is 84.4 Å². The average molecular weight is 510 g/mol. The van der Waals surface area contributed by atoms with Gasteiger partial charge in [-0.2, -0.15) is 0 Å². The second-order valence-corrected chi connectivity index (χ2v) is 10.0. The van der Waals surface area contributed by atoms with Crippen molar-refractivity contribution in [1.29, 1.82) is 0 Å². The summed E-state index contributed by atoms with van der Waals surface area (Å²) in [6, 6.07) is 6.15. The van der Waals surface area contributed by atoms with Crippen LogP contribution < -0.4 is 9.80 Å². The number of amides is 2. The Morgan fingerprint density at radius 2 is 1.84 bits per heavy atom. The van der Waals surface area contributed by atoms with E-state index in [4.69, 9.17) is 9.47 Å². The second kappa shape index (κ2) is 9.95. The minimum Gasteiger partial charge on any atom is -0.465 e. The number of aliphatic hydroxyl groups is 1. The third-order valence-corrected chi connectivity index (χ3v) is 8.09. The molecule has 4 aliphatic rings. The van der Waals surface area contributed by atoms with Crippen molar-refractivity contribution in [3.05, 3.63) is 48.6 Å². The van der Waals surface area contributed by atoms with Gasteiger partial charge in [-0.3, -0.25) is 14.4 Å². The van der Waals surface area contributed by atoms with Crippen LogP contribution in [0, 0.1) is 11.8 Å². The number of hydrogen-bond acceptors (Lipinski definition) is 7. The molecule has 3 unspecified atom stereocenters. The fourth-order valence-corrected chi connectivity index (χ4v) is 6.27. The SMILES string of the molecule is CCN(CC)c1ccc(N2CC=CC34O[C@@H]5C=CCCOC(=O)C5[C@H]3C(=O)N(C(C)CO)[C@@H]4C2=O)cc1. The summed E-state index contributed by atoms with van der Waals surface area (Å²) >= 11 is 0. The fraction of sp³-hybridized carbons (Fsp3) is 0.536. The second-order valence-electron chi connectivity index (χ2n) is 10.0. The summed E-state index contributed by atoms with van der Waals surface area (Å²) in [4.78, 5) is 46.6. The number of cyclic esters (lactones) is 1. The summed E-state index contributed by atoms with van der Waals surface area (Å²) in [5.74, 6) is -2.95. The van der Waals surface area contributed by atoms with E-state index in [2.05, 4.69) is 18.7 Å². The predicted octanol–water partition coefficient (Wildman–Crippen LogP) is 1.90. The molecule has 2 fully saturated rings. The number of benzene rings is 1. The molecular formula is C28H35N3O6. The zero-order valence-corrected chi connectivity index (χ0v) is 21.6. The molecule has 9 heteroatoms. The number of carbonyl (C=O) groups excluding carboxylic acids is 3. The molecule has 2 amide bonds. The molecule has 1 aromatic carbocycles. The molecule has 0 aromatic heterocycles. The molecule has 6 atom stereocenters. The van der Waals surface area contributed by atoms with Gasteiger partial charge >= 0.3 is 5.97 Å². The van der Waals surface area contributed by atoms with Crippen molar-refractivity contribution in [2.75, 3.05) is 42.6 Å². The largest absolute Gasteiger partial charge is 0.465 e. The lowest BCUT2D eigenvalue weighted by Gasteiger charge is -2.37. The molecular weight excluding hydrogens is 474 g/mol. The van der Waals surface area contributed by atoms with Crippen molar-refractivity contribution >= 4 is 29.2 Å². The monoisotopic (exact) mass is 509 g/mol. The molecule has 5 rings (SSSR count). The van der Waals surface area contributed by atoms with Gasteiger partial charge in [-0.15, -0.1) is 0 Å². The highest BCUT2D eigenvalue weighted by Crippen LogP contribution is 2.53. The molecule has 9 nitrogen and oxygen atoms in total. The molecule has 198 valence electrons. The maximum atomic E-state index is 14.3. The summed E-state index contributed by atoms with van der Waals surface area (Å²) in [5, 5.41) is 10.0. The van der Waals surface area contributed by atoms with Crippen LogP contribution in [0.2, 0.25) is 0 Å². The van der Waals surface area contributed by atoms with Gasteiger partial charge in [0.05, 0.1) is 31.3 Å². The Balaban J connectivity index is 1.56. The smallest absolute Gasteiger partial charge is 0.312 e. The van der Waals surface area contributed by atoms with E-state index in [1.165, 1.54) is 4.90 Å².